The largest absolute Gasteiger partial charge is 0.473 e. The predicted octanol–water partition coefficient (Wildman–Crippen LogP) is 4.70. The minimum atomic E-state index is -0.0134. The van der Waals surface area contributed by atoms with Gasteiger partial charge >= 0.3 is 0 Å². The first-order valence-electron chi connectivity index (χ1n) is 9.46. The van der Waals surface area contributed by atoms with Crippen molar-refractivity contribution in [3.63, 3.8) is 0 Å². The molecule has 0 amide bonds. The Kier molecular flexibility index (Phi) is 4.01. The molecule has 7 nitrogen and oxygen atoms in total. The Bertz CT molecular complexity index is 1320. The summed E-state index contributed by atoms with van der Waals surface area (Å²) in [6, 6.07) is 17.8. The van der Waals surface area contributed by atoms with Gasteiger partial charge in [0.1, 0.15) is 11.5 Å². The van der Waals surface area contributed by atoms with Crippen LogP contribution in [0.3, 0.4) is 0 Å². The number of benzene rings is 2. The monoisotopic (exact) mass is 385 g/mol. The summed E-state index contributed by atoms with van der Waals surface area (Å²) in [5.74, 6) is 1.76. The molecule has 0 radical (unpaired) electrons. The molecule has 144 valence electrons. The van der Waals surface area contributed by atoms with Crippen LogP contribution >= 0.6 is 0 Å². The lowest BCUT2D eigenvalue weighted by molar-refractivity contribution is 0.233. The maximum Gasteiger partial charge on any atom is 0.240 e. The molecular weight excluding hydrogens is 366 g/mol. The summed E-state index contributed by atoms with van der Waals surface area (Å²) >= 11 is 0. The summed E-state index contributed by atoms with van der Waals surface area (Å²) < 4.78 is 13.2. The van der Waals surface area contributed by atoms with Gasteiger partial charge in [0.25, 0.3) is 0 Å². The molecule has 0 aliphatic rings. The number of nitrogens with zero attached hydrogens (tertiary/aromatic N) is 5. The van der Waals surface area contributed by atoms with Crippen molar-refractivity contribution in [2.45, 2.75) is 26.9 Å². The molecule has 0 bridgehead atoms. The molecule has 29 heavy (non-hydrogen) atoms. The lowest BCUT2D eigenvalue weighted by Crippen LogP contribution is -2.09. The van der Waals surface area contributed by atoms with Crippen LogP contribution in [-0.4, -0.2) is 31.1 Å². The highest BCUT2D eigenvalue weighted by Gasteiger charge is 2.24. The summed E-state index contributed by atoms with van der Waals surface area (Å²) in [7, 11) is 0. The summed E-state index contributed by atoms with van der Waals surface area (Å²) in [6.07, 6.45) is -0.0134. The normalized spacial score (nSPS) is 11.6. The standard InChI is InChI=1S/C22H19N5O2/c1-13(2)28-22-17-12-8-7-11-16(17)20-23-24-21(27(20)25-22)18-14(3)29-26-19(18)15-9-5-4-6-10-15/h4-13H,1-3H3. The van der Waals surface area contributed by atoms with Gasteiger partial charge in [-0.25, -0.2) is 0 Å². The number of hydrogen-bond acceptors (Lipinski definition) is 6. The minimum Gasteiger partial charge on any atom is -0.473 e. The van der Waals surface area contributed by atoms with Crippen LogP contribution in [0.1, 0.15) is 19.6 Å². The van der Waals surface area contributed by atoms with E-state index in [-0.39, 0.29) is 6.10 Å². The van der Waals surface area contributed by atoms with Gasteiger partial charge in [0.2, 0.25) is 5.88 Å². The topological polar surface area (TPSA) is 78.3 Å². The third-order valence-corrected chi connectivity index (χ3v) is 4.71. The van der Waals surface area contributed by atoms with E-state index in [1.807, 2.05) is 75.4 Å². The van der Waals surface area contributed by atoms with Crippen LogP contribution in [0.25, 0.3) is 39.1 Å². The molecule has 7 heteroatoms. The summed E-state index contributed by atoms with van der Waals surface area (Å²) in [6.45, 7) is 5.82. The molecule has 0 saturated heterocycles. The highest BCUT2D eigenvalue weighted by Crippen LogP contribution is 2.35. The Morgan fingerprint density at radius 3 is 2.41 bits per heavy atom. The molecule has 5 rings (SSSR count). The Balaban J connectivity index is 1.80. The molecule has 2 aromatic carbocycles. The maximum absolute atomic E-state index is 6.00. The van der Waals surface area contributed by atoms with Crippen molar-refractivity contribution in [2.24, 2.45) is 0 Å². The van der Waals surface area contributed by atoms with Crippen LogP contribution in [0, 0.1) is 6.92 Å². The van der Waals surface area contributed by atoms with E-state index in [9.17, 15) is 0 Å². The summed E-state index contributed by atoms with van der Waals surface area (Å²) in [5.41, 5.74) is 3.07. The maximum atomic E-state index is 6.00. The molecular formula is C22H19N5O2. The van der Waals surface area contributed by atoms with Crippen molar-refractivity contribution in [3.8, 4) is 28.5 Å². The number of hydrogen-bond donors (Lipinski definition) is 0. The summed E-state index contributed by atoms with van der Waals surface area (Å²) in [5, 5.41) is 19.7. The van der Waals surface area contributed by atoms with Gasteiger partial charge in [-0.05, 0) is 26.8 Å². The van der Waals surface area contributed by atoms with E-state index in [1.54, 1.807) is 4.52 Å². The van der Waals surface area contributed by atoms with Gasteiger partial charge in [0.15, 0.2) is 11.5 Å². The van der Waals surface area contributed by atoms with Crippen molar-refractivity contribution in [1.29, 1.82) is 0 Å². The third kappa shape index (κ3) is 2.82. The SMILES string of the molecule is Cc1onc(-c2ccccc2)c1-c1nnc2c3ccccc3c(OC(C)C)nn12. The number of rotatable bonds is 4. The Morgan fingerprint density at radius 2 is 1.66 bits per heavy atom. The van der Waals surface area contributed by atoms with Crippen molar-refractivity contribution in [3.05, 3.63) is 60.4 Å². The van der Waals surface area contributed by atoms with Gasteiger partial charge in [0, 0.05) is 16.3 Å². The van der Waals surface area contributed by atoms with Crippen molar-refractivity contribution in [1.82, 2.24) is 25.0 Å². The van der Waals surface area contributed by atoms with Crippen LogP contribution in [0.5, 0.6) is 5.88 Å². The first kappa shape index (κ1) is 17.4. The zero-order valence-electron chi connectivity index (χ0n) is 16.3. The molecule has 0 saturated carbocycles. The molecule has 0 N–H and O–H groups in total. The lowest BCUT2D eigenvalue weighted by atomic mass is 10.1. The van der Waals surface area contributed by atoms with Crippen LogP contribution in [0.2, 0.25) is 0 Å². The van der Waals surface area contributed by atoms with E-state index in [0.717, 1.165) is 21.9 Å². The molecule has 0 aliphatic heterocycles. The number of aryl methyl sites for hydroxylation is 1. The second-order valence-corrected chi connectivity index (χ2v) is 7.10. The summed E-state index contributed by atoms with van der Waals surface area (Å²) in [4.78, 5) is 0. The van der Waals surface area contributed by atoms with Gasteiger partial charge < -0.3 is 9.26 Å². The second kappa shape index (κ2) is 6.70. The molecule has 3 aromatic heterocycles. The van der Waals surface area contributed by atoms with E-state index in [1.165, 1.54) is 0 Å². The van der Waals surface area contributed by atoms with Crippen LogP contribution in [0.15, 0.2) is 59.1 Å². The Labute approximate surface area is 166 Å². The highest BCUT2D eigenvalue weighted by molar-refractivity contribution is 5.97. The molecule has 0 atom stereocenters. The smallest absolute Gasteiger partial charge is 0.240 e. The zero-order valence-corrected chi connectivity index (χ0v) is 16.3. The van der Waals surface area contributed by atoms with Gasteiger partial charge in [-0.1, -0.05) is 53.7 Å². The van der Waals surface area contributed by atoms with E-state index >= 15 is 0 Å². The second-order valence-electron chi connectivity index (χ2n) is 7.10. The molecule has 5 aromatic rings. The van der Waals surface area contributed by atoms with Crippen molar-refractivity contribution < 1.29 is 9.26 Å². The molecule has 0 spiro atoms. The Hall–Kier alpha value is -3.74. The number of ether oxygens (including phenoxy) is 1. The minimum absolute atomic E-state index is 0.0134. The zero-order chi connectivity index (χ0) is 20.0. The van der Waals surface area contributed by atoms with E-state index in [0.29, 0.717) is 28.8 Å². The quantitative estimate of drug-likeness (QED) is 0.446. The van der Waals surface area contributed by atoms with Gasteiger partial charge in [-0.3, -0.25) is 0 Å². The number of fused-ring (bicyclic) bond motifs is 3. The van der Waals surface area contributed by atoms with Crippen molar-refractivity contribution >= 4 is 16.4 Å². The van der Waals surface area contributed by atoms with Crippen molar-refractivity contribution in [2.75, 3.05) is 0 Å². The molecule has 0 fully saturated rings. The van der Waals surface area contributed by atoms with Gasteiger partial charge in [-0.15, -0.1) is 15.3 Å². The van der Waals surface area contributed by atoms with Gasteiger partial charge in [0.05, 0.1) is 11.7 Å². The van der Waals surface area contributed by atoms with E-state index < -0.39 is 0 Å². The Morgan fingerprint density at radius 1 is 0.931 bits per heavy atom. The molecule has 0 unspecified atom stereocenters. The van der Waals surface area contributed by atoms with Crippen LogP contribution < -0.4 is 4.74 Å². The first-order valence-corrected chi connectivity index (χ1v) is 9.46. The third-order valence-electron chi connectivity index (χ3n) is 4.71. The fourth-order valence-electron chi connectivity index (χ4n) is 3.45. The number of aromatic nitrogens is 5. The highest BCUT2D eigenvalue weighted by atomic mass is 16.5. The first-order chi connectivity index (χ1) is 14.1. The van der Waals surface area contributed by atoms with Gasteiger partial charge in [-0.2, -0.15) is 4.52 Å². The fourth-order valence-corrected chi connectivity index (χ4v) is 3.45. The average Bonchev–Trinajstić information content (AvgIpc) is 3.31. The average molecular weight is 385 g/mol. The van der Waals surface area contributed by atoms with Crippen LogP contribution in [-0.2, 0) is 0 Å². The fraction of sp³-hybridized carbons (Fsp3) is 0.182. The van der Waals surface area contributed by atoms with Crippen LogP contribution in [0.4, 0.5) is 0 Å². The van der Waals surface area contributed by atoms with E-state index in [2.05, 4.69) is 15.4 Å². The molecule has 0 aliphatic carbocycles. The lowest BCUT2D eigenvalue weighted by Gasteiger charge is -2.12. The molecule has 3 heterocycles. The predicted molar refractivity (Wildman–Crippen MR) is 110 cm³/mol. The van der Waals surface area contributed by atoms with E-state index in [4.69, 9.17) is 14.4 Å².